The molecular formula is C23H46O3. The first kappa shape index (κ1) is 25.4. The molecule has 0 aromatic carbocycles. The first-order valence-electron chi connectivity index (χ1n) is 10.3. The van der Waals surface area contributed by atoms with Gasteiger partial charge in [-0.05, 0) is 65.2 Å². The Bertz CT molecular complexity index is 455. The van der Waals surface area contributed by atoms with Crippen LogP contribution in [0.4, 0.5) is 0 Å². The van der Waals surface area contributed by atoms with Gasteiger partial charge in [-0.3, -0.25) is 4.79 Å². The van der Waals surface area contributed by atoms with Crippen LogP contribution in [-0.2, 0) is 14.3 Å². The van der Waals surface area contributed by atoms with Gasteiger partial charge in [0, 0.05) is 6.42 Å². The van der Waals surface area contributed by atoms with Crippen molar-refractivity contribution in [3.05, 3.63) is 0 Å². The van der Waals surface area contributed by atoms with Gasteiger partial charge < -0.3 is 9.47 Å². The molecule has 26 heavy (non-hydrogen) atoms. The van der Waals surface area contributed by atoms with Crippen LogP contribution in [0.15, 0.2) is 0 Å². The van der Waals surface area contributed by atoms with Crippen molar-refractivity contribution >= 4 is 5.97 Å². The van der Waals surface area contributed by atoms with Crippen molar-refractivity contribution in [1.29, 1.82) is 0 Å². The van der Waals surface area contributed by atoms with E-state index in [-0.39, 0.29) is 22.4 Å². The molecule has 0 rings (SSSR count). The molecule has 0 spiro atoms. The smallest absolute Gasteiger partial charge is 0.312 e. The number of rotatable bonds is 10. The molecule has 1 unspecified atom stereocenters. The van der Waals surface area contributed by atoms with E-state index in [1.165, 1.54) is 0 Å². The summed E-state index contributed by atoms with van der Waals surface area (Å²) < 4.78 is 11.9. The minimum absolute atomic E-state index is 0.0772. The molecule has 0 amide bonds. The highest BCUT2D eigenvalue weighted by molar-refractivity contribution is 5.78. The van der Waals surface area contributed by atoms with Gasteiger partial charge in [0.2, 0.25) is 0 Å². The van der Waals surface area contributed by atoms with E-state index >= 15 is 0 Å². The quantitative estimate of drug-likeness (QED) is 0.397. The van der Waals surface area contributed by atoms with Crippen molar-refractivity contribution in [2.45, 2.75) is 120 Å². The third-order valence-corrected chi connectivity index (χ3v) is 6.23. The van der Waals surface area contributed by atoms with E-state index in [0.717, 1.165) is 19.3 Å². The van der Waals surface area contributed by atoms with Crippen LogP contribution in [0.5, 0.6) is 0 Å². The summed E-state index contributed by atoms with van der Waals surface area (Å²) in [7, 11) is 0. The summed E-state index contributed by atoms with van der Waals surface area (Å²) in [6, 6.07) is 0. The largest absolute Gasteiger partial charge is 0.459 e. The number of hydrogen-bond acceptors (Lipinski definition) is 3. The van der Waals surface area contributed by atoms with Gasteiger partial charge in [0.15, 0.2) is 0 Å². The predicted molar refractivity (Wildman–Crippen MR) is 111 cm³/mol. The van der Waals surface area contributed by atoms with Gasteiger partial charge in [0.05, 0.1) is 17.6 Å². The lowest BCUT2D eigenvalue weighted by molar-refractivity contribution is -0.181. The number of carbonyl (C=O) groups excluding carboxylic acids is 1. The lowest BCUT2D eigenvalue weighted by Crippen LogP contribution is -2.48. The van der Waals surface area contributed by atoms with E-state index in [1.807, 2.05) is 34.6 Å². The first-order chi connectivity index (χ1) is 11.4. The van der Waals surface area contributed by atoms with Crippen molar-refractivity contribution in [2.24, 2.45) is 16.2 Å². The van der Waals surface area contributed by atoms with Gasteiger partial charge in [0.1, 0.15) is 5.60 Å². The summed E-state index contributed by atoms with van der Waals surface area (Å²) in [5, 5.41) is 0. The Kier molecular flexibility index (Phi) is 8.44. The van der Waals surface area contributed by atoms with Gasteiger partial charge in [-0.1, -0.05) is 48.0 Å². The van der Waals surface area contributed by atoms with Crippen molar-refractivity contribution in [3.8, 4) is 0 Å². The van der Waals surface area contributed by atoms with E-state index in [2.05, 4.69) is 48.5 Å². The van der Waals surface area contributed by atoms with Crippen molar-refractivity contribution in [1.82, 2.24) is 0 Å². The minimum Gasteiger partial charge on any atom is -0.459 e. The Labute approximate surface area is 163 Å². The summed E-state index contributed by atoms with van der Waals surface area (Å²) >= 11 is 0. The molecule has 0 aromatic heterocycles. The summed E-state index contributed by atoms with van der Waals surface area (Å²) in [4.78, 5) is 13.4. The van der Waals surface area contributed by atoms with Crippen LogP contribution in [0.2, 0.25) is 0 Å². The molecule has 0 radical (unpaired) electrons. The van der Waals surface area contributed by atoms with Crippen molar-refractivity contribution in [3.63, 3.8) is 0 Å². The Balaban J connectivity index is 5.36. The third kappa shape index (κ3) is 7.58. The monoisotopic (exact) mass is 370 g/mol. The first-order valence-corrected chi connectivity index (χ1v) is 10.3. The van der Waals surface area contributed by atoms with E-state index in [9.17, 15) is 4.79 Å². The SMILES string of the molecule is CCC(C)(C)CC(C)(C(=O)OC(C)(C)CCOC(C)(C)C)C(C)(C)CC. The fourth-order valence-corrected chi connectivity index (χ4v) is 3.08. The molecule has 0 aliphatic heterocycles. The maximum absolute atomic E-state index is 13.4. The lowest BCUT2D eigenvalue weighted by atomic mass is 9.58. The molecule has 3 nitrogen and oxygen atoms in total. The molecule has 3 heteroatoms. The summed E-state index contributed by atoms with van der Waals surface area (Å²) in [6.07, 6.45) is 3.49. The van der Waals surface area contributed by atoms with Crippen LogP contribution >= 0.6 is 0 Å². The van der Waals surface area contributed by atoms with Gasteiger partial charge in [-0.15, -0.1) is 0 Å². The maximum Gasteiger partial charge on any atom is 0.312 e. The average Bonchev–Trinajstić information content (AvgIpc) is 2.44. The average molecular weight is 371 g/mol. The molecule has 0 aliphatic carbocycles. The summed E-state index contributed by atoms with van der Waals surface area (Å²) in [6.45, 7) is 26.0. The Morgan fingerprint density at radius 1 is 0.808 bits per heavy atom. The molecular weight excluding hydrogens is 324 g/mol. The zero-order chi connectivity index (χ0) is 21.0. The van der Waals surface area contributed by atoms with Gasteiger partial charge in [0.25, 0.3) is 0 Å². The molecule has 0 heterocycles. The van der Waals surface area contributed by atoms with Crippen molar-refractivity contribution < 1.29 is 14.3 Å². The normalized spacial score (nSPS) is 16.3. The Morgan fingerprint density at radius 3 is 1.69 bits per heavy atom. The van der Waals surface area contributed by atoms with E-state index in [1.54, 1.807) is 0 Å². The summed E-state index contributed by atoms with van der Waals surface area (Å²) in [5.41, 5.74) is -1.27. The lowest BCUT2D eigenvalue weighted by Gasteiger charge is -2.47. The number of ether oxygens (including phenoxy) is 2. The molecule has 0 saturated heterocycles. The number of esters is 1. The van der Waals surface area contributed by atoms with Crippen LogP contribution in [0, 0.1) is 16.2 Å². The highest BCUT2D eigenvalue weighted by atomic mass is 16.6. The number of hydrogen-bond donors (Lipinski definition) is 0. The molecule has 0 aliphatic rings. The van der Waals surface area contributed by atoms with Gasteiger partial charge in [-0.25, -0.2) is 0 Å². The second-order valence-electron chi connectivity index (χ2n) is 11.1. The van der Waals surface area contributed by atoms with E-state index in [0.29, 0.717) is 13.0 Å². The van der Waals surface area contributed by atoms with Crippen molar-refractivity contribution in [2.75, 3.05) is 6.61 Å². The summed E-state index contributed by atoms with van der Waals surface area (Å²) in [5.74, 6) is -0.0772. The van der Waals surface area contributed by atoms with Crippen LogP contribution in [0.1, 0.15) is 109 Å². The standard InChI is InChI=1S/C23H46O3/c1-13-20(6,7)17-23(12,21(8,9)14-2)18(24)26-22(10,11)15-16-25-19(3,4)5/h13-17H2,1-12H3. The Hall–Kier alpha value is -0.570. The van der Waals surface area contributed by atoms with Gasteiger partial charge >= 0.3 is 5.97 Å². The molecule has 0 saturated carbocycles. The molecule has 0 aromatic rings. The van der Waals surface area contributed by atoms with Crippen LogP contribution in [0.3, 0.4) is 0 Å². The highest BCUT2D eigenvalue weighted by Gasteiger charge is 2.50. The second-order valence-corrected chi connectivity index (χ2v) is 11.1. The predicted octanol–water partition coefficient (Wildman–Crippen LogP) is 6.78. The zero-order valence-corrected chi connectivity index (χ0v) is 19.8. The fourth-order valence-electron chi connectivity index (χ4n) is 3.08. The van der Waals surface area contributed by atoms with Crippen LogP contribution < -0.4 is 0 Å². The topological polar surface area (TPSA) is 35.5 Å². The van der Waals surface area contributed by atoms with Gasteiger partial charge in [-0.2, -0.15) is 0 Å². The maximum atomic E-state index is 13.4. The Morgan fingerprint density at radius 2 is 1.31 bits per heavy atom. The third-order valence-electron chi connectivity index (χ3n) is 6.23. The van der Waals surface area contributed by atoms with Crippen LogP contribution in [-0.4, -0.2) is 23.8 Å². The minimum atomic E-state index is -0.538. The molecule has 0 N–H and O–H groups in total. The molecule has 0 fully saturated rings. The van der Waals surface area contributed by atoms with Crippen LogP contribution in [0.25, 0.3) is 0 Å². The highest BCUT2D eigenvalue weighted by Crippen LogP contribution is 2.50. The fraction of sp³-hybridized carbons (Fsp3) is 0.957. The zero-order valence-electron chi connectivity index (χ0n) is 19.8. The second kappa shape index (κ2) is 8.63. The molecule has 156 valence electrons. The van der Waals surface area contributed by atoms with E-state index < -0.39 is 11.0 Å². The molecule has 0 bridgehead atoms. The van der Waals surface area contributed by atoms with E-state index in [4.69, 9.17) is 9.47 Å². The number of carbonyl (C=O) groups is 1. The molecule has 1 atom stereocenters.